The van der Waals surface area contributed by atoms with Gasteiger partial charge in [-0.25, -0.2) is 10.5 Å². The molecule has 4 rings (SSSR count). The third-order valence-corrected chi connectivity index (χ3v) is 6.63. The Labute approximate surface area is 227 Å². The molecule has 0 atom stereocenters. The van der Waals surface area contributed by atoms with E-state index in [1.54, 1.807) is 23.8 Å². The Morgan fingerprint density at radius 2 is 1.79 bits per heavy atom. The highest BCUT2D eigenvalue weighted by molar-refractivity contribution is 5.94. The molecule has 0 aliphatic heterocycles. The van der Waals surface area contributed by atoms with E-state index < -0.39 is 0 Å². The lowest BCUT2D eigenvalue weighted by Gasteiger charge is -2.19. The zero-order valence-corrected chi connectivity index (χ0v) is 22.4. The molecular weight excluding hydrogens is 496 g/mol. The van der Waals surface area contributed by atoms with Crippen molar-refractivity contribution in [2.45, 2.75) is 39.0 Å². The summed E-state index contributed by atoms with van der Waals surface area (Å²) in [7, 11) is 3.89. The number of unbranched alkanes of at least 4 members (excludes halogenated alkanes) is 3. The molecule has 4 aromatic rings. The average Bonchev–Trinajstić information content (AvgIpc) is 3.24. The van der Waals surface area contributed by atoms with Crippen molar-refractivity contribution >= 4 is 45.9 Å². The van der Waals surface area contributed by atoms with Crippen LogP contribution in [-0.2, 0) is 11.8 Å². The van der Waals surface area contributed by atoms with E-state index in [1.165, 1.54) is 0 Å². The summed E-state index contributed by atoms with van der Waals surface area (Å²) in [6.45, 7) is 2.61. The molecule has 0 saturated carbocycles. The van der Waals surface area contributed by atoms with Crippen LogP contribution >= 0.6 is 0 Å². The third kappa shape index (κ3) is 7.08. The van der Waals surface area contributed by atoms with Gasteiger partial charge in [-0.15, -0.1) is 0 Å². The highest BCUT2D eigenvalue weighted by Gasteiger charge is 2.12. The van der Waals surface area contributed by atoms with Crippen molar-refractivity contribution in [2.24, 2.45) is 7.05 Å². The maximum Gasteiger partial charge on any atom is 0.251 e. The van der Waals surface area contributed by atoms with Crippen LogP contribution in [0.4, 0.5) is 23.1 Å². The van der Waals surface area contributed by atoms with Gasteiger partial charge < -0.3 is 15.5 Å². The fourth-order valence-electron chi connectivity index (χ4n) is 4.21. The van der Waals surface area contributed by atoms with Crippen LogP contribution < -0.4 is 21.0 Å². The minimum atomic E-state index is -0.373. The van der Waals surface area contributed by atoms with E-state index in [4.69, 9.17) is 5.21 Å². The molecule has 0 fully saturated rings. The monoisotopic (exact) mass is 530 g/mol. The van der Waals surface area contributed by atoms with Crippen molar-refractivity contribution in [3.8, 4) is 0 Å². The lowest BCUT2D eigenvalue weighted by atomic mass is 10.1. The van der Waals surface area contributed by atoms with Gasteiger partial charge >= 0.3 is 0 Å². The maximum atomic E-state index is 12.4. The van der Waals surface area contributed by atoms with Gasteiger partial charge in [-0.1, -0.05) is 12.8 Å². The number of aromatic nitrogens is 4. The number of fused-ring (bicyclic) bond motifs is 1. The van der Waals surface area contributed by atoms with Gasteiger partial charge in [-0.2, -0.15) is 10.1 Å². The van der Waals surface area contributed by atoms with Crippen molar-refractivity contribution in [1.82, 2.24) is 30.5 Å². The smallest absolute Gasteiger partial charge is 0.251 e. The second kappa shape index (κ2) is 12.8. The van der Waals surface area contributed by atoms with Crippen molar-refractivity contribution in [3.63, 3.8) is 0 Å². The second-order valence-corrected chi connectivity index (χ2v) is 9.37. The molecule has 2 amide bonds. The number of carbonyl (C=O) groups is 2. The van der Waals surface area contributed by atoms with E-state index in [0.29, 0.717) is 30.9 Å². The lowest BCUT2D eigenvalue weighted by molar-refractivity contribution is -0.129. The molecule has 204 valence electrons. The number of hydroxylamine groups is 1. The molecule has 0 saturated heterocycles. The summed E-state index contributed by atoms with van der Waals surface area (Å²) in [5, 5.41) is 20.3. The van der Waals surface area contributed by atoms with Gasteiger partial charge in [-0.3, -0.25) is 19.5 Å². The molecule has 0 bridgehead atoms. The Bertz CT molecular complexity index is 1430. The number of amides is 2. The average molecular weight is 531 g/mol. The minimum absolute atomic E-state index is 0.138. The highest BCUT2D eigenvalue weighted by atomic mass is 16.5. The number of rotatable bonds is 12. The van der Waals surface area contributed by atoms with Gasteiger partial charge in [0.2, 0.25) is 11.9 Å². The number of hydrogen-bond donors (Lipinski definition) is 4. The fourth-order valence-corrected chi connectivity index (χ4v) is 4.21. The van der Waals surface area contributed by atoms with Crippen LogP contribution in [0.25, 0.3) is 10.9 Å². The predicted molar refractivity (Wildman–Crippen MR) is 151 cm³/mol. The van der Waals surface area contributed by atoms with E-state index in [9.17, 15) is 9.59 Å². The van der Waals surface area contributed by atoms with Gasteiger partial charge in [0, 0.05) is 61.3 Å². The fraction of sp³-hybridized carbons (Fsp3) is 0.321. The molecular formula is C28H34N8O3. The molecule has 11 nitrogen and oxygen atoms in total. The summed E-state index contributed by atoms with van der Waals surface area (Å²) in [4.78, 5) is 34.4. The van der Waals surface area contributed by atoms with Crippen LogP contribution in [0.15, 0.2) is 54.7 Å². The molecule has 2 aromatic carbocycles. The van der Waals surface area contributed by atoms with Gasteiger partial charge in [0.25, 0.3) is 5.91 Å². The molecule has 11 heteroatoms. The summed E-state index contributed by atoms with van der Waals surface area (Å²) < 4.78 is 1.88. The van der Waals surface area contributed by atoms with Gasteiger partial charge in [0.1, 0.15) is 5.82 Å². The SMILES string of the molecule is Cc1c2ccc(N(C)c3ccnc(Nc4ccc(C(=O)NCCCCCCC(=O)NO)cc4)n3)cc2nn1C. The normalized spacial score (nSPS) is 10.9. The lowest BCUT2D eigenvalue weighted by Crippen LogP contribution is -2.24. The Morgan fingerprint density at radius 1 is 1.03 bits per heavy atom. The number of nitrogens with zero attached hydrogens (tertiary/aromatic N) is 5. The molecule has 0 radical (unpaired) electrons. The largest absolute Gasteiger partial charge is 0.352 e. The first kappa shape index (κ1) is 27.5. The number of hydrogen-bond acceptors (Lipinski definition) is 8. The summed E-state index contributed by atoms with van der Waals surface area (Å²) in [5.74, 6) is 0.665. The number of benzene rings is 2. The molecule has 2 aromatic heterocycles. The molecule has 0 unspecified atom stereocenters. The molecule has 39 heavy (non-hydrogen) atoms. The van der Waals surface area contributed by atoms with Gasteiger partial charge in [0.05, 0.1) is 5.52 Å². The van der Waals surface area contributed by atoms with E-state index in [-0.39, 0.29) is 11.8 Å². The van der Waals surface area contributed by atoms with Crippen LogP contribution in [0, 0.1) is 6.92 Å². The van der Waals surface area contributed by atoms with Crippen molar-refractivity contribution in [1.29, 1.82) is 0 Å². The first-order valence-corrected chi connectivity index (χ1v) is 12.9. The second-order valence-electron chi connectivity index (χ2n) is 9.37. The van der Waals surface area contributed by atoms with E-state index in [2.05, 4.69) is 44.8 Å². The van der Waals surface area contributed by atoms with E-state index >= 15 is 0 Å². The zero-order valence-electron chi connectivity index (χ0n) is 22.4. The van der Waals surface area contributed by atoms with Crippen molar-refractivity contribution in [2.75, 3.05) is 23.8 Å². The Hall–Kier alpha value is -4.51. The van der Waals surface area contributed by atoms with Gasteiger partial charge in [-0.05, 0) is 68.3 Å². The Balaban J connectivity index is 1.29. The number of aryl methyl sites for hydroxylation is 2. The number of anilines is 4. The summed E-state index contributed by atoms with van der Waals surface area (Å²) in [6.07, 6.45) is 5.29. The molecule has 4 N–H and O–H groups in total. The number of carbonyl (C=O) groups excluding carboxylic acids is 2. The van der Waals surface area contributed by atoms with Gasteiger partial charge in [0.15, 0.2) is 0 Å². The molecule has 0 aliphatic rings. The van der Waals surface area contributed by atoms with E-state index in [1.807, 2.05) is 47.9 Å². The minimum Gasteiger partial charge on any atom is -0.352 e. The van der Waals surface area contributed by atoms with Crippen molar-refractivity contribution < 1.29 is 14.8 Å². The van der Waals surface area contributed by atoms with Crippen LogP contribution in [0.5, 0.6) is 0 Å². The quantitative estimate of drug-likeness (QED) is 0.120. The van der Waals surface area contributed by atoms with E-state index in [0.717, 1.165) is 53.1 Å². The van der Waals surface area contributed by atoms with Crippen LogP contribution in [-0.4, -0.2) is 50.4 Å². The van der Waals surface area contributed by atoms with Crippen LogP contribution in [0.1, 0.15) is 48.2 Å². The Morgan fingerprint density at radius 3 is 2.56 bits per heavy atom. The van der Waals surface area contributed by atoms with Crippen LogP contribution in [0.3, 0.4) is 0 Å². The topological polar surface area (TPSA) is 137 Å². The molecule has 2 heterocycles. The Kier molecular flexibility index (Phi) is 9.06. The molecule has 0 spiro atoms. The van der Waals surface area contributed by atoms with Crippen LogP contribution in [0.2, 0.25) is 0 Å². The standard InChI is InChI=1S/C28H34N8O3/c1-19-23-14-13-22(18-24(23)33-36(19)3)35(2)25-15-17-30-28(32-25)31-21-11-9-20(10-12-21)27(38)29-16-7-5-4-6-8-26(37)34-39/h9-15,17-18,39H,4-8,16H2,1-3H3,(H,29,38)(H,34,37)(H,30,31,32). The summed E-state index contributed by atoms with van der Waals surface area (Å²) >= 11 is 0. The first-order valence-electron chi connectivity index (χ1n) is 12.9. The predicted octanol–water partition coefficient (Wildman–Crippen LogP) is 4.37. The zero-order chi connectivity index (χ0) is 27.8. The number of nitrogens with one attached hydrogen (secondary N) is 3. The third-order valence-electron chi connectivity index (χ3n) is 6.63. The maximum absolute atomic E-state index is 12.4. The molecule has 0 aliphatic carbocycles. The highest BCUT2D eigenvalue weighted by Crippen LogP contribution is 2.27. The summed E-state index contributed by atoms with van der Waals surface area (Å²) in [6, 6.07) is 15.2. The summed E-state index contributed by atoms with van der Waals surface area (Å²) in [5.41, 5.74) is 5.98. The van der Waals surface area contributed by atoms with Crippen molar-refractivity contribution in [3.05, 3.63) is 66.0 Å². The first-order chi connectivity index (χ1) is 18.9.